The lowest BCUT2D eigenvalue weighted by atomic mass is 10.3. The van der Waals surface area contributed by atoms with Crippen LogP contribution in [0.15, 0.2) is 23.0 Å². The van der Waals surface area contributed by atoms with Crippen LogP contribution in [0.3, 0.4) is 0 Å². The van der Waals surface area contributed by atoms with Gasteiger partial charge in [-0.3, -0.25) is 4.79 Å². The molecule has 2 heterocycles. The standard InChI is InChI=1S/C9H10N6O2/c10-9(16)6-1-2-7(15-14-6)11-4-3-8-12-5-13-17-8/h1-2,5H,3-4H2,(H2,10,16)(H,11,15). The molecule has 8 nitrogen and oxygen atoms in total. The third-order valence-electron chi connectivity index (χ3n) is 1.97. The van der Waals surface area contributed by atoms with Gasteiger partial charge < -0.3 is 15.6 Å². The topological polar surface area (TPSA) is 120 Å². The molecule has 17 heavy (non-hydrogen) atoms. The molecule has 0 radical (unpaired) electrons. The average Bonchev–Trinajstić information content (AvgIpc) is 2.83. The van der Waals surface area contributed by atoms with Gasteiger partial charge in [-0.1, -0.05) is 5.16 Å². The lowest BCUT2D eigenvalue weighted by molar-refractivity contribution is 0.0994. The van der Waals surface area contributed by atoms with Crippen LogP contribution >= 0.6 is 0 Å². The van der Waals surface area contributed by atoms with E-state index in [4.69, 9.17) is 10.3 Å². The molecule has 3 N–H and O–H groups in total. The lowest BCUT2D eigenvalue weighted by Crippen LogP contribution is -2.14. The summed E-state index contributed by atoms with van der Waals surface area (Å²) >= 11 is 0. The van der Waals surface area contributed by atoms with Crippen LogP contribution in [0.25, 0.3) is 0 Å². The molecule has 0 fully saturated rings. The minimum absolute atomic E-state index is 0.132. The number of hydrogen-bond donors (Lipinski definition) is 2. The Morgan fingerprint density at radius 2 is 2.29 bits per heavy atom. The van der Waals surface area contributed by atoms with Gasteiger partial charge >= 0.3 is 0 Å². The zero-order valence-electron chi connectivity index (χ0n) is 8.83. The normalized spacial score (nSPS) is 10.1. The van der Waals surface area contributed by atoms with Gasteiger partial charge in [0.2, 0.25) is 5.89 Å². The summed E-state index contributed by atoms with van der Waals surface area (Å²) in [6.07, 6.45) is 1.93. The van der Waals surface area contributed by atoms with E-state index in [1.165, 1.54) is 12.4 Å². The zero-order chi connectivity index (χ0) is 12.1. The second-order valence-corrected chi connectivity index (χ2v) is 3.18. The van der Waals surface area contributed by atoms with E-state index in [1.54, 1.807) is 6.07 Å². The number of amides is 1. The summed E-state index contributed by atoms with van der Waals surface area (Å²) < 4.78 is 4.82. The highest BCUT2D eigenvalue weighted by molar-refractivity contribution is 5.90. The number of primary amides is 1. The van der Waals surface area contributed by atoms with E-state index in [1.807, 2.05) is 0 Å². The summed E-state index contributed by atoms with van der Waals surface area (Å²) in [5.74, 6) is 0.489. The van der Waals surface area contributed by atoms with Crippen molar-refractivity contribution in [2.75, 3.05) is 11.9 Å². The summed E-state index contributed by atoms with van der Waals surface area (Å²) in [7, 11) is 0. The number of nitrogens with zero attached hydrogens (tertiary/aromatic N) is 4. The van der Waals surface area contributed by atoms with Gasteiger partial charge in [-0.15, -0.1) is 10.2 Å². The first-order chi connectivity index (χ1) is 8.25. The Balaban J connectivity index is 1.85. The Morgan fingerprint density at radius 3 is 2.88 bits per heavy atom. The molecular formula is C9H10N6O2. The average molecular weight is 234 g/mol. The summed E-state index contributed by atoms with van der Waals surface area (Å²) in [5, 5.41) is 13.9. The Morgan fingerprint density at radius 1 is 1.41 bits per heavy atom. The van der Waals surface area contributed by atoms with Gasteiger partial charge in [-0.05, 0) is 12.1 Å². The highest BCUT2D eigenvalue weighted by Crippen LogP contribution is 2.02. The SMILES string of the molecule is NC(=O)c1ccc(NCCc2ncno2)nn1. The number of nitrogens with two attached hydrogens (primary N) is 1. The molecular weight excluding hydrogens is 224 g/mol. The van der Waals surface area contributed by atoms with E-state index in [-0.39, 0.29) is 5.69 Å². The summed E-state index contributed by atoms with van der Waals surface area (Å²) in [5.41, 5.74) is 5.17. The fourth-order valence-electron chi connectivity index (χ4n) is 1.16. The minimum Gasteiger partial charge on any atom is -0.368 e. The van der Waals surface area contributed by atoms with E-state index < -0.39 is 5.91 Å². The lowest BCUT2D eigenvalue weighted by Gasteiger charge is -2.02. The van der Waals surface area contributed by atoms with Crippen molar-refractivity contribution >= 4 is 11.7 Å². The van der Waals surface area contributed by atoms with Gasteiger partial charge in [0.25, 0.3) is 5.91 Å². The van der Waals surface area contributed by atoms with Gasteiger partial charge in [0.15, 0.2) is 12.0 Å². The summed E-state index contributed by atoms with van der Waals surface area (Å²) in [6.45, 7) is 0.576. The van der Waals surface area contributed by atoms with Crippen molar-refractivity contribution < 1.29 is 9.32 Å². The molecule has 8 heteroatoms. The van der Waals surface area contributed by atoms with E-state index in [9.17, 15) is 4.79 Å². The van der Waals surface area contributed by atoms with Crippen molar-refractivity contribution in [3.05, 3.63) is 30.0 Å². The fraction of sp³-hybridized carbons (Fsp3) is 0.222. The van der Waals surface area contributed by atoms with E-state index in [0.29, 0.717) is 24.7 Å². The van der Waals surface area contributed by atoms with Crippen molar-refractivity contribution in [2.45, 2.75) is 6.42 Å². The van der Waals surface area contributed by atoms with Crippen molar-refractivity contribution in [1.82, 2.24) is 20.3 Å². The molecule has 2 aromatic rings. The van der Waals surface area contributed by atoms with Crippen LogP contribution in [0.2, 0.25) is 0 Å². The molecule has 2 aromatic heterocycles. The molecule has 0 spiro atoms. The van der Waals surface area contributed by atoms with Gasteiger partial charge in [-0.25, -0.2) is 0 Å². The molecule has 88 valence electrons. The third kappa shape index (κ3) is 2.97. The Labute approximate surface area is 96.2 Å². The molecule has 1 amide bonds. The maximum atomic E-state index is 10.8. The molecule has 0 aromatic carbocycles. The molecule has 2 rings (SSSR count). The smallest absolute Gasteiger partial charge is 0.269 e. The Bertz CT molecular complexity index is 481. The van der Waals surface area contributed by atoms with Gasteiger partial charge in [0.1, 0.15) is 5.82 Å². The van der Waals surface area contributed by atoms with Crippen LogP contribution in [0.5, 0.6) is 0 Å². The van der Waals surface area contributed by atoms with Crippen molar-refractivity contribution in [3.63, 3.8) is 0 Å². The number of aromatic nitrogens is 4. The number of hydrogen-bond acceptors (Lipinski definition) is 7. The first kappa shape index (κ1) is 11.0. The molecule has 0 unspecified atom stereocenters. The number of carbonyl (C=O) groups excluding carboxylic acids is 1. The van der Waals surface area contributed by atoms with Crippen LogP contribution in [0.1, 0.15) is 16.4 Å². The van der Waals surface area contributed by atoms with Gasteiger partial charge in [0.05, 0.1) is 0 Å². The number of nitrogens with one attached hydrogen (secondary N) is 1. The Kier molecular flexibility index (Phi) is 3.24. The number of rotatable bonds is 5. The largest absolute Gasteiger partial charge is 0.368 e. The minimum atomic E-state index is -0.602. The van der Waals surface area contributed by atoms with E-state index in [2.05, 4.69) is 25.7 Å². The first-order valence-corrected chi connectivity index (χ1v) is 4.88. The Hall–Kier alpha value is -2.51. The maximum Gasteiger partial charge on any atom is 0.269 e. The first-order valence-electron chi connectivity index (χ1n) is 4.88. The molecule has 0 bridgehead atoms. The predicted molar refractivity (Wildman–Crippen MR) is 57.0 cm³/mol. The third-order valence-corrected chi connectivity index (χ3v) is 1.97. The van der Waals surface area contributed by atoms with Crippen LogP contribution < -0.4 is 11.1 Å². The fourth-order valence-corrected chi connectivity index (χ4v) is 1.16. The van der Waals surface area contributed by atoms with Crippen molar-refractivity contribution in [2.24, 2.45) is 5.73 Å². The highest BCUT2D eigenvalue weighted by Gasteiger charge is 2.03. The second kappa shape index (κ2) is 5.01. The number of carbonyl (C=O) groups is 1. The van der Waals surface area contributed by atoms with Gasteiger partial charge in [0, 0.05) is 13.0 Å². The van der Waals surface area contributed by atoms with Crippen molar-refractivity contribution in [1.29, 1.82) is 0 Å². The maximum absolute atomic E-state index is 10.8. The highest BCUT2D eigenvalue weighted by atomic mass is 16.5. The quantitative estimate of drug-likeness (QED) is 0.722. The zero-order valence-corrected chi connectivity index (χ0v) is 8.83. The second-order valence-electron chi connectivity index (χ2n) is 3.18. The molecule has 0 aliphatic heterocycles. The van der Waals surface area contributed by atoms with Crippen LogP contribution in [-0.4, -0.2) is 32.8 Å². The van der Waals surface area contributed by atoms with Crippen LogP contribution in [0.4, 0.5) is 5.82 Å². The van der Waals surface area contributed by atoms with Crippen molar-refractivity contribution in [3.8, 4) is 0 Å². The summed E-state index contributed by atoms with van der Waals surface area (Å²) in [6, 6.07) is 3.13. The monoisotopic (exact) mass is 234 g/mol. The van der Waals surface area contributed by atoms with Gasteiger partial charge in [-0.2, -0.15) is 4.98 Å². The molecule has 0 aliphatic rings. The van der Waals surface area contributed by atoms with Crippen LogP contribution in [0, 0.1) is 0 Å². The van der Waals surface area contributed by atoms with E-state index >= 15 is 0 Å². The van der Waals surface area contributed by atoms with Crippen LogP contribution in [-0.2, 0) is 6.42 Å². The number of anilines is 1. The van der Waals surface area contributed by atoms with E-state index in [0.717, 1.165) is 0 Å². The molecule has 0 saturated carbocycles. The molecule has 0 saturated heterocycles. The molecule has 0 atom stereocenters. The summed E-state index contributed by atoms with van der Waals surface area (Å²) in [4.78, 5) is 14.6. The molecule has 0 aliphatic carbocycles. The predicted octanol–water partition coefficient (Wildman–Crippen LogP) is -0.387.